The predicted octanol–water partition coefficient (Wildman–Crippen LogP) is 4.06. The van der Waals surface area contributed by atoms with Gasteiger partial charge in [-0.3, -0.25) is 0 Å². The van der Waals surface area contributed by atoms with Gasteiger partial charge in [0.1, 0.15) is 6.10 Å². The molecular weight excluding hydrogens is 236 g/mol. The molecule has 0 aromatic heterocycles. The highest BCUT2D eigenvalue weighted by Gasteiger charge is 2.09. The van der Waals surface area contributed by atoms with E-state index < -0.39 is 0 Å². The molecule has 1 atom stereocenters. The number of thiocarbonyl (C=S) groups is 1. The first-order valence-electron chi connectivity index (χ1n) is 5.54. The maximum atomic E-state index is 5.66. The summed E-state index contributed by atoms with van der Waals surface area (Å²) in [7, 11) is 0. The predicted molar refractivity (Wildman–Crippen MR) is 76.0 cm³/mol. The molecule has 3 heteroatoms. The molecule has 0 saturated heterocycles. The summed E-state index contributed by atoms with van der Waals surface area (Å²) in [5.74, 6) is 0. The highest BCUT2D eigenvalue weighted by Crippen LogP contribution is 2.13. The summed E-state index contributed by atoms with van der Waals surface area (Å²) in [6, 6.07) is 10.5. The molecule has 1 unspecified atom stereocenters. The van der Waals surface area contributed by atoms with E-state index in [0.717, 1.165) is 19.3 Å². The molecule has 16 heavy (non-hydrogen) atoms. The monoisotopic (exact) mass is 254 g/mol. The minimum Gasteiger partial charge on any atom is -0.475 e. The molecule has 0 aliphatic heterocycles. The lowest BCUT2D eigenvalue weighted by Gasteiger charge is -2.16. The van der Waals surface area contributed by atoms with Gasteiger partial charge in [0.2, 0.25) is 4.38 Å². The average Bonchev–Trinajstić information content (AvgIpc) is 2.35. The van der Waals surface area contributed by atoms with Gasteiger partial charge in [0.15, 0.2) is 0 Å². The van der Waals surface area contributed by atoms with Crippen molar-refractivity contribution < 1.29 is 4.74 Å². The highest BCUT2D eigenvalue weighted by atomic mass is 32.2. The minimum absolute atomic E-state index is 0.250. The van der Waals surface area contributed by atoms with E-state index in [1.165, 1.54) is 17.3 Å². The van der Waals surface area contributed by atoms with Crippen LogP contribution >= 0.6 is 24.0 Å². The fourth-order valence-corrected chi connectivity index (χ4v) is 1.87. The van der Waals surface area contributed by atoms with Crippen molar-refractivity contribution in [3.05, 3.63) is 35.9 Å². The Morgan fingerprint density at radius 3 is 2.62 bits per heavy atom. The van der Waals surface area contributed by atoms with Crippen molar-refractivity contribution in [3.63, 3.8) is 0 Å². The zero-order chi connectivity index (χ0) is 11.8. The van der Waals surface area contributed by atoms with E-state index in [2.05, 4.69) is 31.2 Å². The molecule has 0 spiro atoms. The van der Waals surface area contributed by atoms with Gasteiger partial charge in [-0.1, -0.05) is 49.0 Å². The number of benzene rings is 1. The second-order valence-electron chi connectivity index (χ2n) is 3.63. The standard InChI is InChI=1S/C13H18OS2/c1-3-12(14-13(15)16-2)10-9-11-7-5-4-6-8-11/h4-8,12H,3,9-10H2,1-2H3. The van der Waals surface area contributed by atoms with E-state index in [0.29, 0.717) is 4.38 Å². The van der Waals surface area contributed by atoms with Crippen molar-refractivity contribution in [2.75, 3.05) is 6.26 Å². The Morgan fingerprint density at radius 2 is 2.06 bits per heavy atom. The summed E-state index contributed by atoms with van der Waals surface area (Å²) < 4.78 is 6.32. The summed E-state index contributed by atoms with van der Waals surface area (Å²) in [6.45, 7) is 2.14. The molecule has 1 aromatic rings. The molecule has 0 bridgehead atoms. The molecule has 1 aromatic carbocycles. The number of aryl methyl sites for hydroxylation is 1. The average molecular weight is 254 g/mol. The van der Waals surface area contributed by atoms with Crippen molar-refractivity contribution in [1.29, 1.82) is 0 Å². The lowest BCUT2D eigenvalue weighted by Crippen LogP contribution is -2.15. The number of ether oxygens (including phenoxy) is 1. The van der Waals surface area contributed by atoms with Gasteiger partial charge in [0, 0.05) is 0 Å². The van der Waals surface area contributed by atoms with Crippen LogP contribution in [0.3, 0.4) is 0 Å². The van der Waals surface area contributed by atoms with Crippen LogP contribution in [0.1, 0.15) is 25.3 Å². The number of hydrogen-bond acceptors (Lipinski definition) is 3. The maximum Gasteiger partial charge on any atom is 0.219 e. The van der Waals surface area contributed by atoms with Crippen LogP contribution in [0.4, 0.5) is 0 Å². The van der Waals surface area contributed by atoms with E-state index in [9.17, 15) is 0 Å². The molecule has 0 N–H and O–H groups in total. The van der Waals surface area contributed by atoms with Crippen molar-refractivity contribution in [3.8, 4) is 0 Å². The third kappa shape index (κ3) is 4.99. The van der Waals surface area contributed by atoms with Crippen molar-refractivity contribution >= 4 is 28.4 Å². The molecule has 0 aliphatic carbocycles. The molecule has 0 aliphatic rings. The summed E-state index contributed by atoms with van der Waals surface area (Å²) in [5, 5.41) is 0. The quantitative estimate of drug-likeness (QED) is 0.733. The first-order valence-corrected chi connectivity index (χ1v) is 7.18. The van der Waals surface area contributed by atoms with Gasteiger partial charge in [-0.2, -0.15) is 0 Å². The van der Waals surface area contributed by atoms with Crippen LogP contribution in [0.5, 0.6) is 0 Å². The lowest BCUT2D eigenvalue weighted by molar-refractivity contribution is 0.185. The second kappa shape index (κ2) is 7.69. The van der Waals surface area contributed by atoms with Gasteiger partial charge >= 0.3 is 0 Å². The van der Waals surface area contributed by atoms with E-state index in [-0.39, 0.29) is 6.10 Å². The smallest absolute Gasteiger partial charge is 0.219 e. The van der Waals surface area contributed by atoms with E-state index >= 15 is 0 Å². The molecule has 0 fully saturated rings. The van der Waals surface area contributed by atoms with E-state index in [1.54, 1.807) is 0 Å². The van der Waals surface area contributed by atoms with Gasteiger partial charge < -0.3 is 4.74 Å². The third-order valence-corrected chi connectivity index (χ3v) is 3.51. The van der Waals surface area contributed by atoms with Gasteiger partial charge in [0.05, 0.1) is 0 Å². The van der Waals surface area contributed by atoms with Gasteiger partial charge in [0.25, 0.3) is 0 Å². The van der Waals surface area contributed by atoms with Gasteiger partial charge in [-0.15, -0.1) is 0 Å². The van der Waals surface area contributed by atoms with E-state index in [4.69, 9.17) is 17.0 Å². The van der Waals surface area contributed by atoms with Crippen LogP contribution in [0.15, 0.2) is 30.3 Å². The van der Waals surface area contributed by atoms with Crippen LogP contribution in [-0.2, 0) is 11.2 Å². The SMILES string of the molecule is CCC(CCc1ccccc1)OC(=S)SC. The molecule has 88 valence electrons. The lowest BCUT2D eigenvalue weighted by atomic mass is 10.1. The molecule has 0 heterocycles. The summed E-state index contributed by atoms with van der Waals surface area (Å²) in [5.41, 5.74) is 1.36. The summed E-state index contributed by atoms with van der Waals surface area (Å²) in [6.07, 6.45) is 5.29. The number of hydrogen-bond donors (Lipinski definition) is 0. The maximum absolute atomic E-state index is 5.66. The molecule has 0 saturated carbocycles. The fraction of sp³-hybridized carbons (Fsp3) is 0.462. The first kappa shape index (κ1) is 13.5. The Bertz CT molecular complexity index is 311. The molecule has 0 amide bonds. The van der Waals surface area contributed by atoms with Crippen molar-refractivity contribution in [1.82, 2.24) is 0 Å². The second-order valence-corrected chi connectivity index (χ2v) is 5.03. The molecule has 1 rings (SSSR count). The number of rotatable bonds is 5. The summed E-state index contributed by atoms with van der Waals surface area (Å²) in [4.78, 5) is 0. The zero-order valence-corrected chi connectivity index (χ0v) is 11.4. The topological polar surface area (TPSA) is 9.23 Å². The number of thioether (sulfide) groups is 1. The van der Waals surface area contributed by atoms with Gasteiger partial charge in [-0.25, -0.2) is 0 Å². The molecular formula is C13H18OS2. The Kier molecular flexibility index (Phi) is 6.50. The Balaban J connectivity index is 2.37. The third-order valence-electron chi connectivity index (χ3n) is 2.48. The summed E-state index contributed by atoms with van der Waals surface area (Å²) >= 11 is 6.57. The minimum atomic E-state index is 0.250. The molecule has 1 nitrogen and oxygen atoms in total. The van der Waals surface area contributed by atoms with Crippen LogP contribution in [0, 0.1) is 0 Å². The Hall–Kier alpha value is -0.540. The largest absolute Gasteiger partial charge is 0.475 e. The van der Waals surface area contributed by atoms with Crippen molar-refractivity contribution in [2.45, 2.75) is 32.3 Å². The van der Waals surface area contributed by atoms with Crippen LogP contribution in [0.25, 0.3) is 0 Å². The van der Waals surface area contributed by atoms with Gasteiger partial charge in [-0.05, 0) is 43.3 Å². The Labute approximate surface area is 108 Å². The fourth-order valence-electron chi connectivity index (χ4n) is 1.50. The van der Waals surface area contributed by atoms with Crippen LogP contribution in [0.2, 0.25) is 0 Å². The van der Waals surface area contributed by atoms with E-state index in [1.807, 2.05) is 12.3 Å². The molecule has 0 radical (unpaired) electrons. The van der Waals surface area contributed by atoms with Crippen molar-refractivity contribution in [2.24, 2.45) is 0 Å². The first-order chi connectivity index (χ1) is 7.76. The normalized spacial score (nSPS) is 12.1. The van der Waals surface area contributed by atoms with Crippen LogP contribution < -0.4 is 0 Å². The highest BCUT2D eigenvalue weighted by molar-refractivity contribution is 8.22. The zero-order valence-electron chi connectivity index (χ0n) is 9.81. The van der Waals surface area contributed by atoms with Crippen LogP contribution in [-0.4, -0.2) is 16.7 Å². The Morgan fingerprint density at radius 1 is 1.38 bits per heavy atom.